The van der Waals surface area contributed by atoms with Crippen LogP contribution in [0.15, 0.2) is 23.2 Å². The summed E-state index contributed by atoms with van der Waals surface area (Å²) in [5.41, 5.74) is 2.11. The van der Waals surface area contributed by atoms with E-state index in [-0.39, 0.29) is 0 Å². The van der Waals surface area contributed by atoms with Crippen molar-refractivity contribution < 1.29 is 5.11 Å². The van der Waals surface area contributed by atoms with Crippen LogP contribution in [0.5, 0.6) is 5.75 Å². The Labute approximate surface area is 81.9 Å². The zero-order chi connectivity index (χ0) is 9.54. The Morgan fingerprint density at radius 1 is 1.43 bits per heavy atom. The molecule has 0 atom stereocenters. The van der Waals surface area contributed by atoms with Crippen LogP contribution in [0.3, 0.4) is 0 Å². The SMILES string of the molecule is Oc1ccc2c(c1)N1CCN=C1CN2. The summed E-state index contributed by atoms with van der Waals surface area (Å²) in [5, 5.41) is 12.7. The molecule has 0 aliphatic carbocycles. The highest BCUT2D eigenvalue weighted by Gasteiger charge is 2.25. The molecule has 0 aromatic heterocycles. The summed E-state index contributed by atoms with van der Waals surface area (Å²) >= 11 is 0. The number of phenols is 1. The smallest absolute Gasteiger partial charge is 0.123 e. The van der Waals surface area contributed by atoms with Gasteiger partial charge in [0.1, 0.15) is 11.6 Å². The van der Waals surface area contributed by atoms with Crippen molar-refractivity contribution in [2.45, 2.75) is 0 Å². The first kappa shape index (κ1) is 7.67. The number of amidine groups is 1. The molecule has 0 saturated carbocycles. The Balaban J connectivity index is 2.13. The topological polar surface area (TPSA) is 47.9 Å². The molecule has 4 heteroatoms. The van der Waals surface area contributed by atoms with Gasteiger partial charge in [-0.15, -0.1) is 0 Å². The Kier molecular flexibility index (Phi) is 1.45. The summed E-state index contributed by atoms with van der Waals surface area (Å²) in [5.74, 6) is 1.38. The zero-order valence-electron chi connectivity index (χ0n) is 7.70. The van der Waals surface area contributed by atoms with E-state index < -0.39 is 0 Å². The molecule has 2 aliphatic rings. The fourth-order valence-corrected chi connectivity index (χ4v) is 1.97. The lowest BCUT2D eigenvalue weighted by atomic mass is 10.2. The van der Waals surface area contributed by atoms with Gasteiger partial charge >= 0.3 is 0 Å². The van der Waals surface area contributed by atoms with Crippen LogP contribution in [0.2, 0.25) is 0 Å². The average molecular weight is 189 g/mol. The van der Waals surface area contributed by atoms with Crippen LogP contribution in [0.1, 0.15) is 0 Å². The maximum atomic E-state index is 9.41. The van der Waals surface area contributed by atoms with E-state index in [1.54, 1.807) is 12.1 Å². The number of fused-ring (bicyclic) bond motifs is 3. The van der Waals surface area contributed by atoms with Crippen molar-refractivity contribution in [3.8, 4) is 5.75 Å². The summed E-state index contributed by atoms with van der Waals surface area (Å²) in [7, 11) is 0. The van der Waals surface area contributed by atoms with E-state index >= 15 is 0 Å². The van der Waals surface area contributed by atoms with Crippen LogP contribution < -0.4 is 10.2 Å². The van der Waals surface area contributed by atoms with Crippen molar-refractivity contribution in [2.75, 3.05) is 29.9 Å². The van der Waals surface area contributed by atoms with E-state index in [2.05, 4.69) is 15.2 Å². The second-order valence-electron chi connectivity index (χ2n) is 3.50. The minimum absolute atomic E-state index is 0.304. The summed E-state index contributed by atoms with van der Waals surface area (Å²) < 4.78 is 0. The van der Waals surface area contributed by atoms with Gasteiger partial charge in [0.25, 0.3) is 0 Å². The number of aliphatic imine (C=N–C) groups is 1. The molecule has 3 rings (SSSR count). The van der Waals surface area contributed by atoms with Crippen LogP contribution in [-0.4, -0.2) is 30.6 Å². The number of nitrogens with one attached hydrogen (secondary N) is 1. The monoisotopic (exact) mass is 189 g/mol. The number of rotatable bonds is 0. The van der Waals surface area contributed by atoms with Gasteiger partial charge in [-0.1, -0.05) is 0 Å². The largest absolute Gasteiger partial charge is 0.508 e. The van der Waals surface area contributed by atoms with Gasteiger partial charge in [0, 0.05) is 12.6 Å². The molecule has 14 heavy (non-hydrogen) atoms. The van der Waals surface area contributed by atoms with Gasteiger partial charge < -0.3 is 15.3 Å². The van der Waals surface area contributed by atoms with Gasteiger partial charge in [0.15, 0.2) is 0 Å². The predicted octanol–water partition coefficient (Wildman–Crippen LogP) is 1.04. The molecule has 72 valence electrons. The predicted molar refractivity (Wildman–Crippen MR) is 56.2 cm³/mol. The number of anilines is 2. The molecule has 0 bridgehead atoms. The Morgan fingerprint density at radius 3 is 3.29 bits per heavy atom. The van der Waals surface area contributed by atoms with Crippen molar-refractivity contribution >= 4 is 17.2 Å². The summed E-state index contributed by atoms with van der Waals surface area (Å²) in [6.07, 6.45) is 0. The lowest BCUT2D eigenvalue weighted by Gasteiger charge is -2.29. The van der Waals surface area contributed by atoms with E-state index in [0.29, 0.717) is 5.75 Å². The quantitative estimate of drug-likeness (QED) is 0.599. The highest BCUT2D eigenvalue weighted by Crippen LogP contribution is 2.33. The molecule has 2 aliphatic heterocycles. The third-order valence-corrected chi connectivity index (χ3v) is 2.64. The summed E-state index contributed by atoms with van der Waals surface area (Å²) in [6, 6.07) is 5.38. The van der Waals surface area contributed by atoms with Crippen LogP contribution in [0.4, 0.5) is 11.4 Å². The number of hydrogen-bond donors (Lipinski definition) is 2. The van der Waals surface area contributed by atoms with Crippen molar-refractivity contribution in [2.24, 2.45) is 4.99 Å². The van der Waals surface area contributed by atoms with Gasteiger partial charge in [0.2, 0.25) is 0 Å². The number of nitrogens with zero attached hydrogens (tertiary/aromatic N) is 2. The number of benzene rings is 1. The zero-order valence-corrected chi connectivity index (χ0v) is 7.70. The van der Waals surface area contributed by atoms with E-state index in [0.717, 1.165) is 36.8 Å². The maximum absolute atomic E-state index is 9.41. The van der Waals surface area contributed by atoms with Gasteiger partial charge in [-0.05, 0) is 12.1 Å². The first-order chi connectivity index (χ1) is 6.84. The van der Waals surface area contributed by atoms with Crippen molar-refractivity contribution in [1.29, 1.82) is 0 Å². The highest BCUT2D eigenvalue weighted by molar-refractivity contribution is 6.07. The van der Waals surface area contributed by atoms with E-state index in [4.69, 9.17) is 0 Å². The first-order valence-electron chi connectivity index (χ1n) is 4.72. The van der Waals surface area contributed by atoms with Gasteiger partial charge in [-0.3, -0.25) is 4.99 Å². The second kappa shape index (κ2) is 2.64. The van der Waals surface area contributed by atoms with Crippen molar-refractivity contribution in [1.82, 2.24) is 0 Å². The molecule has 0 fully saturated rings. The standard InChI is InChI=1S/C10H11N3O/c14-7-1-2-8-9(5-7)13-4-3-11-10(13)6-12-8/h1-2,5,12,14H,3-4,6H2. The molecule has 0 saturated heterocycles. The normalized spacial score (nSPS) is 18.3. The summed E-state index contributed by atoms with van der Waals surface area (Å²) in [6.45, 7) is 2.57. The van der Waals surface area contributed by atoms with Crippen LogP contribution in [0, 0.1) is 0 Å². The maximum Gasteiger partial charge on any atom is 0.123 e. The third-order valence-electron chi connectivity index (χ3n) is 2.64. The lowest BCUT2D eigenvalue weighted by Crippen LogP contribution is -2.37. The molecule has 2 heterocycles. The molecule has 0 unspecified atom stereocenters. The third kappa shape index (κ3) is 0.968. The van der Waals surface area contributed by atoms with Crippen LogP contribution in [0.25, 0.3) is 0 Å². The molecule has 2 N–H and O–H groups in total. The lowest BCUT2D eigenvalue weighted by molar-refractivity contribution is 0.475. The molecule has 0 amide bonds. The van der Waals surface area contributed by atoms with E-state index in [9.17, 15) is 5.11 Å². The van der Waals surface area contributed by atoms with Crippen molar-refractivity contribution in [3.05, 3.63) is 18.2 Å². The number of phenolic OH excluding ortho intramolecular Hbond substituents is 1. The molecule has 1 aromatic carbocycles. The van der Waals surface area contributed by atoms with E-state index in [1.165, 1.54) is 0 Å². The number of aromatic hydroxyl groups is 1. The highest BCUT2D eigenvalue weighted by atomic mass is 16.3. The molecular weight excluding hydrogens is 178 g/mol. The molecule has 1 aromatic rings. The molecule has 4 nitrogen and oxygen atoms in total. The Morgan fingerprint density at radius 2 is 2.36 bits per heavy atom. The van der Waals surface area contributed by atoms with Crippen LogP contribution in [-0.2, 0) is 0 Å². The van der Waals surface area contributed by atoms with E-state index in [1.807, 2.05) is 6.07 Å². The fourth-order valence-electron chi connectivity index (χ4n) is 1.97. The minimum atomic E-state index is 0.304. The fraction of sp³-hybridized carbons (Fsp3) is 0.300. The Bertz CT molecular complexity index is 414. The number of hydrogen-bond acceptors (Lipinski definition) is 4. The van der Waals surface area contributed by atoms with Crippen LogP contribution >= 0.6 is 0 Å². The molecule has 0 radical (unpaired) electrons. The first-order valence-corrected chi connectivity index (χ1v) is 4.72. The molecule has 0 spiro atoms. The minimum Gasteiger partial charge on any atom is -0.508 e. The average Bonchev–Trinajstić information content (AvgIpc) is 2.65. The molecular formula is C10H11N3O. The second-order valence-corrected chi connectivity index (χ2v) is 3.50. The Hall–Kier alpha value is -1.71. The summed E-state index contributed by atoms with van der Waals surface area (Å²) in [4.78, 5) is 6.54. The van der Waals surface area contributed by atoms with Gasteiger partial charge in [-0.25, -0.2) is 0 Å². The van der Waals surface area contributed by atoms with Gasteiger partial charge in [0.05, 0.1) is 24.5 Å². The van der Waals surface area contributed by atoms with Crippen molar-refractivity contribution in [3.63, 3.8) is 0 Å². The van der Waals surface area contributed by atoms with Gasteiger partial charge in [-0.2, -0.15) is 0 Å².